The van der Waals surface area contributed by atoms with Gasteiger partial charge in [0.05, 0.1) is 32.7 Å². The Bertz CT molecular complexity index is 1360. The van der Waals surface area contributed by atoms with Crippen LogP contribution in [0.4, 0.5) is 0 Å². The van der Waals surface area contributed by atoms with Crippen LogP contribution in [0.25, 0.3) is 12.2 Å². The van der Waals surface area contributed by atoms with Gasteiger partial charge in [-0.05, 0) is 78.2 Å². The minimum absolute atomic E-state index is 0.0212. The molecule has 0 aromatic heterocycles. The van der Waals surface area contributed by atoms with E-state index in [4.69, 9.17) is 42.6 Å². The Kier molecular flexibility index (Phi) is 11.0. The number of carbonyl (C=O) groups is 1. The SMILES string of the molecule is Cc1cc(OCOC=Cc2ccc(OCOCC3CO3)cc2)ccc1OC(=O)C=Cc1ccc(OCOCC2CO2)cc1. The maximum absolute atomic E-state index is 12.4. The number of epoxide rings is 2. The lowest BCUT2D eigenvalue weighted by Gasteiger charge is -2.09. The minimum atomic E-state index is -0.488. The molecule has 0 radical (unpaired) electrons. The molecule has 2 aliphatic rings. The number of hydrogen-bond acceptors (Lipinski definition) is 10. The molecule has 0 amide bonds. The van der Waals surface area contributed by atoms with E-state index in [1.165, 1.54) is 6.08 Å². The highest BCUT2D eigenvalue weighted by atomic mass is 16.7. The van der Waals surface area contributed by atoms with Gasteiger partial charge in [-0.15, -0.1) is 0 Å². The van der Waals surface area contributed by atoms with Crippen LogP contribution in [0.5, 0.6) is 23.0 Å². The molecule has 43 heavy (non-hydrogen) atoms. The highest BCUT2D eigenvalue weighted by molar-refractivity contribution is 5.88. The Labute approximate surface area is 250 Å². The van der Waals surface area contributed by atoms with Crippen LogP contribution in [0.2, 0.25) is 0 Å². The zero-order valence-corrected chi connectivity index (χ0v) is 23.8. The quantitative estimate of drug-likeness (QED) is 0.0376. The summed E-state index contributed by atoms with van der Waals surface area (Å²) in [6.45, 7) is 4.81. The number of ether oxygens (including phenoxy) is 9. The number of benzene rings is 3. The van der Waals surface area contributed by atoms with Crippen molar-refractivity contribution in [3.63, 3.8) is 0 Å². The lowest BCUT2D eigenvalue weighted by atomic mass is 10.2. The zero-order valence-electron chi connectivity index (χ0n) is 23.8. The van der Waals surface area contributed by atoms with E-state index in [1.807, 2.05) is 61.5 Å². The summed E-state index contributed by atoms with van der Waals surface area (Å²) in [5.74, 6) is 1.94. The van der Waals surface area contributed by atoms with Gasteiger partial charge in [0, 0.05) is 6.08 Å². The van der Waals surface area contributed by atoms with Gasteiger partial charge in [-0.25, -0.2) is 4.79 Å². The third-order valence-corrected chi connectivity index (χ3v) is 6.21. The average molecular weight is 591 g/mol. The Balaban J connectivity index is 0.974. The third kappa shape index (κ3) is 11.1. The van der Waals surface area contributed by atoms with E-state index in [-0.39, 0.29) is 32.6 Å². The summed E-state index contributed by atoms with van der Waals surface area (Å²) in [5, 5.41) is 0. The van der Waals surface area contributed by atoms with E-state index in [9.17, 15) is 4.79 Å². The molecule has 0 bridgehead atoms. The molecule has 2 atom stereocenters. The van der Waals surface area contributed by atoms with Crippen molar-refractivity contribution in [2.45, 2.75) is 19.1 Å². The van der Waals surface area contributed by atoms with Gasteiger partial charge >= 0.3 is 5.97 Å². The molecule has 5 rings (SSSR count). The first-order chi connectivity index (χ1) is 21.1. The molecule has 3 aromatic carbocycles. The monoisotopic (exact) mass is 590 g/mol. The van der Waals surface area contributed by atoms with Gasteiger partial charge in [0.25, 0.3) is 0 Å². The van der Waals surface area contributed by atoms with Crippen molar-refractivity contribution in [2.75, 3.05) is 46.8 Å². The molecule has 2 heterocycles. The van der Waals surface area contributed by atoms with Crippen molar-refractivity contribution < 1.29 is 47.4 Å². The summed E-state index contributed by atoms with van der Waals surface area (Å²) >= 11 is 0. The fourth-order valence-corrected chi connectivity index (χ4v) is 3.66. The number of carbonyl (C=O) groups excluding carboxylic acids is 1. The standard InChI is InChI=1S/C33H34O10/c1-24-16-29(42-21-35-15-14-26-4-9-28(10-5-26)41-23-37-18-31-20-39-31)11-12-32(24)43-33(34)13-6-25-2-7-27(8-3-25)40-22-36-17-30-19-38-30/h2-16,30-31H,17-23H2,1H3. The van der Waals surface area contributed by atoms with Crippen molar-refractivity contribution in [3.8, 4) is 23.0 Å². The second-order valence-corrected chi connectivity index (χ2v) is 9.73. The number of aryl methyl sites for hydroxylation is 1. The predicted molar refractivity (Wildman–Crippen MR) is 157 cm³/mol. The van der Waals surface area contributed by atoms with Crippen molar-refractivity contribution in [1.29, 1.82) is 0 Å². The molecule has 2 unspecified atom stereocenters. The lowest BCUT2D eigenvalue weighted by Crippen LogP contribution is -2.07. The average Bonchev–Trinajstić information content (AvgIpc) is 3.95. The van der Waals surface area contributed by atoms with Gasteiger partial charge < -0.3 is 42.6 Å². The normalized spacial score (nSPS) is 17.1. The summed E-state index contributed by atoms with van der Waals surface area (Å²) in [6, 6.07) is 20.0. The smallest absolute Gasteiger partial charge is 0.336 e. The van der Waals surface area contributed by atoms with E-state index in [0.717, 1.165) is 35.7 Å². The van der Waals surface area contributed by atoms with Gasteiger partial charge in [0.2, 0.25) is 6.79 Å². The molecule has 10 heteroatoms. The van der Waals surface area contributed by atoms with Crippen molar-refractivity contribution >= 4 is 18.1 Å². The summed E-state index contributed by atoms with van der Waals surface area (Å²) in [4.78, 5) is 12.4. The van der Waals surface area contributed by atoms with E-state index in [1.54, 1.807) is 30.5 Å². The number of hydrogen-bond donors (Lipinski definition) is 0. The molecule has 2 aliphatic heterocycles. The topological polar surface area (TPSA) is 107 Å². The second kappa shape index (κ2) is 15.8. The van der Waals surface area contributed by atoms with Crippen LogP contribution >= 0.6 is 0 Å². The van der Waals surface area contributed by atoms with Crippen LogP contribution in [-0.2, 0) is 28.5 Å². The van der Waals surface area contributed by atoms with Gasteiger partial charge in [0.1, 0.15) is 35.2 Å². The maximum Gasteiger partial charge on any atom is 0.336 e. The molecule has 2 saturated heterocycles. The Morgan fingerprint density at radius 1 is 0.744 bits per heavy atom. The first kappa shape index (κ1) is 30.1. The molecule has 0 aliphatic carbocycles. The minimum Gasteiger partial charge on any atom is -0.468 e. The van der Waals surface area contributed by atoms with Gasteiger partial charge in [-0.1, -0.05) is 24.3 Å². The van der Waals surface area contributed by atoms with Crippen molar-refractivity contribution in [1.82, 2.24) is 0 Å². The van der Waals surface area contributed by atoms with E-state index < -0.39 is 5.97 Å². The Morgan fingerprint density at radius 3 is 1.84 bits per heavy atom. The zero-order chi connectivity index (χ0) is 29.7. The Hall–Kier alpha value is -4.35. The van der Waals surface area contributed by atoms with Gasteiger partial charge in [-0.2, -0.15) is 0 Å². The van der Waals surface area contributed by atoms with Gasteiger partial charge in [0.15, 0.2) is 13.6 Å². The molecular formula is C33H34O10. The van der Waals surface area contributed by atoms with Crippen molar-refractivity contribution in [2.24, 2.45) is 0 Å². The first-order valence-corrected chi connectivity index (χ1v) is 13.9. The summed E-state index contributed by atoms with van der Waals surface area (Å²) < 4.78 is 48.5. The summed E-state index contributed by atoms with van der Waals surface area (Å²) in [7, 11) is 0. The largest absolute Gasteiger partial charge is 0.468 e. The van der Waals surface area contributed by atoms with E-state index in [0.29, 0.717) is 30.5 Å². The summed E-state index contributed by atoms with van der Waals surface area (Å²) in [5.41, 5.74) is 2.53. The van der Waals surface area contributed by atoms with Crippen LogP contribution < -0.4 is 18.9 Å². The fourth-order valence-electron chi connectivity index (χ4n) is 3.66. The fraction of sp³-hybridized carbons (Fsp3) is 0.303. The summed E-state index contributed by atoms with van der Waals surface area (Å²) in [6.07, 6.45) is 6.85. The van der Waals surface area contributed by atoms with Crippen LogP contribution in [0.1, 0.15) is 16.7 Å². The molecule has 0 spiro atoms. The molecule has 226 valence electrons. The maximum atomic E-state index is 12.4. The van der Waals surface area contributed by atoms with Crippen LogP contribution in [-0.4, -0.2) is 65.0 Å². The van der Waals surface area contributed by atoms with Crippen LogP contribution in [0.15, 0.2) is 79.1 Å². The third-order valence-electron chi connectivity index (χ3n) is 6.21. The highest BCUT2D eigenvalue weighted by Gasteiger charge is 2.22. The van der Waals surface area contributed by atoms with E-state index in [2.05, 4.69) is 0 Å². The predicted octanol–water partition coefficient (Wildman–Crippen LogP) is 5.14. The molecule has 0 saturated carbocycles. The first-order valence-electron chi connectivity index (χ1n) is 13.9. The van der Waals surface area contributed by atoms with E-state index >= 15 is 0 Å². The highest BCUT2D eigenvalue weighted by Crippen LogP contribution is 2.24. The van der Waals surface area contributed by atoms with Crippen LogP contribution in [0, 0.1) is 6.92 Å². The lowest BCUT2D eigenvalue weighted by molar-refractivity contribution is -0.128. The molecule has 3 aromatic rings. The number of esters is 1. The molecular weight excluding hydrogens is 556 g/mol. The second-order valence-electron chi connectivity index (χ2n) is 9.73. The van der Waals surface area contributed by atoms with Crippen molar-refractivity contribution in [3.05, 3.63) is 95.8 Å². The molecule has 2 fully saturated rings. The molecule has 0 N–H and O–H groups in total. The Morgan fingerprint density at radius 2 is 1.28 bits per heavy atom. The van der Waals surface area contributed by atoms with Crippen LogP contribution in [0.3, 0.4) is 0 Å². The molecule has 10 nitrogen and oxygen atoms in total. The van der Waals surface area contributed by atoms with Gasteiger partial charge in [-0.3, -0.25) is 0 Å². The number of rotatable bonds is 18.